The van der Waals surface area contributed by atoms with Gasteiger partial charge in [0.05, 0.1) is 14.2 Å². The summed E-state index contributed by atoms with van der Waals surface area (Å²) in [6, 6.07) is 15.4. The number of aryl methyl sites for hydroxylation is 2. The summed E-state index contributed by atoms with van der Waals surface area (Å²) in [5.74, 6) is 3.36. The molecule has 172 valence electrons. The second-order valence-corrected chi connectivity index (χ2v) is 8.19. The Morgan fingerprint density at radius 3 is 2.00 bits per heavy atom. The van der Waals surface area contributed by atoms with Gasteiger partial charge < -0.3 is 19.3 Å². The van der Waals surface area contributed by atoms with Crippen molar-refractivity contribution in [3.05, 3.63) is 76.7 Å². The third-order valence-corrected chi connectivity index (χ3v) is 6.05. The lowest BCUT2D eigenvalue weighted by Crippen LogP contribution is -2.49. The van der Waals surface area contributed by atoms with Crippen LogP contribution in [0.4, 0.5) is 5.82 Å². The Bertz CT molecular complexity index is 1110. The molecule has 1 aliphatic heterocycles. The van der Waals surface area contributed by atoms with Gasteiger partial charge in [0.15, 0.2) is 0 Å². The van der Waals surface area contributed by atoms with Crippen LogP contribution in [-0.4, -0.2) is 61.2 Å². The number of anilines is 1. The minimum atomic E-state index is 0.0470. The van der Waals surface area contributed by atoms with Crippen LogP contribution in [0.1, 0.15) is 33.0 Å². The van der Waals surface area contributed by atoms with Crippen molar-refractivity contribution >= 4 is 11.7 Å². The van der Waals surface area contributed by atoms with Crippen LogP contribution in [0.2, 0.25) is 0 Å². The Morgan fingerprint density at radius 2 is 1.42 bits per heavy atom. The number of ether oxygens (including phenoxy) is 2. The molecule has 0 aliphatic carbocycles. The zero-order valence-electron chi connectivity index (χ0n) is 19.7. The molecule has 1 saturated heterocycles. The monoisotopic (exact) mass is 446 g/mol. The molecule has 7 heteroatoms. The molecular formula is C26H30N4O3. The molecule has 0 spiro atoms. The topological polar surface area (TPSA) is 67.8 Å². The molecule has 1 fully saturated rings. The van der Waals surface area contributed by atoms with Crippen LogP contribution in [-0.2, 0) is 6.42 Å². The molecule has 33 heavy (non-hydrogen) atoms. The Kier molecular flexibility index (Phi) is 6.77. The molecule has 1 amide bonds. The third-order valence-electron chi connectivity index (χ3n) is 6.05. The minimum Gasteiger partial charge on any atom is -0.497 e. The second-order valence-electron chi connectivity index (χ2n) is 8.19. The van der Waals surface area contributed by atoms with Crippen LogP contribution in [0.3, 0.4) is 0 Å². The van der Waals surface area contributed by atoms with E-state index in [2.05, 4.69) is 22.0 Å². The molecule has 2 aromatic carbocycles. The summed E-state index contributed by atoms with van der Waals surface area (Å²) in [5.41, 5.74) is 3.98. The summed E-state index contributed by atoms with van der Waals surface area (Å²) in [4.78, 5) is 26.5. The standard InChI is InChI=1S/C26H30N4O3/c1-18-24(17-20-5-9-22(32-3)10-6-20)25(28-19(2)27-18)29-13-15-30(16-14-29)26(31)21-7-11-23(33-4)12-8-21/h5-12H,13-17H2,1-4H3. The van der Waals surface area contributed by atoms with Crippen molar-refractivity contribution in [2.24, 2.45) is 0 Å². The molecule has 4 rings (SSSR count). The molecule has 0 atom stereocenters. The number of amides is 1. The van der Waals surface area contributed by atoms with Gasteiger partial charge in [0, 0.05) is 49.4 Å². The van der Waals surface area contributed by atoms with E-state index in [1.54, 1.807) is 14.2 Å². The fourth-order valence-corrected chi connectivity index (χ4v) is 4.17. The van der Waals surface area contributed by atoms with Gasteiger partial charge in [0.1, 0.15) is 23.1 Å². The van der Waals surface area contributed by atoms with E-state index >= 15 is 0 Å². The highest BCUT2D eigenvalue weighted by atomic mass is 16.5. The summed E-state index contributed by atoms with van der Waals surface area (Å²) in [6.45, 7) is 6.72. The number of benzene rings is 2. The normalized spacial score (nSPS) is 13.7. The van der Waals surface area contributed by atoms with Crippen molar-refractivity contribution in [3.63, 3.8) is 0 Å². The van der Waals surface area contributed by atoms with E-state index in [1.807, 2.05) is 55.1 Å². The van der Waals surface area contributed by atoms with Gasteiger partial charge in [-0.3, -0.25) is 4.79 Å². The predicted molar refractivity (Wildman–Crippen MR) is 128 cm³/mol. The first-order valence-electron chi connectivity index (χ1n) is 11.1. The number of hydrogen-bond acceptors (Lipinski definition) is 6. The van der Waals surface area contributed by atoms with E-state index in [0.29, 0.717) is 18.7 Å². The molecule has 0 radical (unpaired) electrons. The van der Waals surface area contributed by atoms with E-state index in [-0.39, 0.29) is 5.91 Å². The fourth-order valence-electron chi connectivity index (χ4n) is 4.17. The molecule has 1 aromatic heterocycles. The van der Waals surface area contributed by atoms with E-state index < -0.39 is 0 Å². The van der Waals surface area contributed by atoms with E-state index in [1.165, 1.54) is 5.56 Å². The van der Waals surface area contributed by atoms with Crippen molar-refractivity contribution in [3.8, 4) is 11.5 Å². The van der Waals surface area contributed by atoms with Crippen molar-refractivity contribution in [1.29, 1.82) is 0 Å². The average Bonchev–Trinajstić information content (AvgIpc) is 2.85. The Morgan fingerprint density at radius 1 is 0.848 bits per heavy atom. The summed E-state index contributed by atoms with van der Waals surface area (Å²) in [7, 11) is 3.29. The first-order chi connectivity index (χ1) is 16.0. The number of carbonyl (C=O) groups excluding carboxylic acids is 1. The highest BCUT2D eigenvalue weighted by Gasteiger charge is 2.25. The van der Waals surface area contributed by atoms with Crippen molar-refractivity contribution in [1.82, 2.24) is 14.9 Å². The van der Waals surface area contributed by atoms with Gasteiger partial charge in [-0.1, -0.05) is 12.1 Å². The molecule has 2 heterocycles. The summed E-state index contributed by atoms with van der Waals surface area (Å²) in [5, 5.41) is 0. The largest absolute Gasteiger partial charge is 0.497 e. The van der Waals surface area contributed by atoms with Crippen LogP contribution in [0.5, 0.6) is 11.5 Å². The maximum Gasteiger partial charge on any atom is 0.253 e. The SMILES string of the molecule is COc1ccc(Cc2c(C)nc(C)nc2N2CCN(C(=O)c3ccc(OC)cc3)CC2)cc1. The molecule has 7 nitrogen and oxygen atoms in total. The number of hydrogen-bond donors (Lipinski definition) is 0. The molecule has 3 aromatic rings. The summed E-state index contributed by atoms with van der Waals surface area (Å²) >= 11 is 0. The fraction of sp³-hybridized carbons (Fsp3) is 0.346. The van der Waals surface area contributed by atoms with Crippen LogP contribution in [0, 0.1) is 13.8 Å². The van der Waals surface area contributed by atoms with Crippen molar-refractivity contribution in [2.45, 2.75) is 20.3 Å². The lowest BCUT2D eigenvalue weighted by molar-refractivity contribution is 0.0746. The molecule has 0 bridgehead atoms. The van der Waals surface area contributed by atoms with Gasteiger partial charge in [0.25, 0.3) is 5.91 Å². The first kappa shape index (κ1) is 22.6. The Balaban J connectivity index is 1.49. The number of nitrogens with zero attached hydrogens (tertiary/aromatic N) is 4. The van der Waals surface area contributed by atoms with Gasteiger partial charge >= 0.3 is 0 Å². The quantitative estimate of drug-likeness (QED) is 0.576. The van der Waals surface area contributed by atoms with Crippen LogP contribution in [0.25, 0.3) is 0 Å². The van der Waals surface area contributed by atoms with Gasteiger partial charge in [-0.25, -0.2) is 9.97 Å². The van der Waals surface area contributed by atoms with Gasteiger partial charge in [-0.2, -0.15) is 0 Å². The number of methoxy groups -OCH3 is 2. The van der Waals surface area contributed by atoms with E-state index in [4.69, 9.17) is 14.5 Å². The zero-order chi connectivity index (χ0) is 23.4. The third kappa shape index (κ3) is 5.08. The van der Waals surface area contributed by atoms with Crippen LogP contribution < -0.4 is 14.4 Å². The second kappa shape index (κ2) is 9.90. The smallest absolute Gasteiger partial charge is 0.253 e. The van der Waals surface area contributed by atoms with Crippen molar-refractivity contribution in [2.75, 3.05) is 45.3 Å². The number of rotatable bonds is 6. The first-order valence-corrected chi connectivity index (χ1v) is 11.1. The average molecular weight is 447 g/mol. The van der Waals surface area contributed by atoms with E-state index in [9.17, 15) is 4.79 Å². The molecular weight excluding hydrogens is 416 g/mol. The van der Waals surface area contributed by atoms with Gasteiger partial charge in [0.2, 0.25) is 0 Å². The maximum absolute atomic E-state index is 12.9. The zero-order valence-corrected chi connectivity index (χ0v) is 19.7. The lowest BCUT2D eigenvalue weighted by atomic mass is 10.0. The lowest BCUT2D eigenvalue weighted by Gasteiger charge is -2.36. The highest BCUT2D eigenvalue weighted by molar-refractivity contribution is 5.94. The van der Waals surface area contributed by atoms with Gasteiger partial charge in [-0.05, 0) is 55.8 Å². The number of piperazine rings is 1. The number of aromatic nitrogens is 2. The van der Waals surface area contributed by atoms with Crippen LogP contribution >= 0.6 is 0 Å². The number of carbonyl (C=O) groups is 1. The summed E-state index contributed by atoms with van der Waals surface area (Å²) in [6.07, 6.45) is 0.746. The molecule has 0 N–H and O–H groups in total. The summed E-state index contributed by atoms with van der Waals surface area (Å²) < 4.78 is 10.5. The van der Waals surface area contributed by atoms with Crippen LogP contribution in [0.15, 0.2) is 48.5 Å². The van der Waals surface area contributed by atoms with Crippen molar-refractivity contribution < 1.29 is 14.3 Å². The van der Waals surface area contributed by atoms with Gasteiger partial charge in [-0.15, -0.1) is 0 Å². The van der Waals surface area contributed by atoms with E-state index in [0.717, 1.165) is 53.9 Å². The molecule has 1 aliphatic rings. The highest BCUT2D eigenvalue weighted by Crippen LogP contribution is 2.26. The Hall–Kier alpha value is -3.61. The predicted octanol–water partition coefficient (Wildman–Crippen LogP) is 3.66. The Labute approximate surface area is 195 Å². The molecule has 0 saturated carbocycles. The maximum atomic E-state index is 12.9. The molecule has 0 unspecified atom stereocenters. The minimum absolute atomic E-state index is 0.0470.